The molecule has 1 N–H and O–H groups in total. The second-order valence-corrected chi connectivity index (χ2v) is 6.71. The number of urea groups is 1. The molecular formula is C19H29N3O4. The average Bonchev–Trinajstić information content (AvgIpc) is 2.93. The van der Waals surface area contributed by atoms with Crippen LogP contribution in [0, 0.1) is 0 Å². The van der Waals surface area contributed by atoms with E-state index < -0.39 is 0 Å². The van der Waals surface area contributed by atoms with Gasteiger partial charge in [0.05, 0.1) is 26.4 Å². The van der Waals surface area contributed by atoms with Gasteiger partial charge in [-0.15, -0.1) is 0 Å². The first-order chi connectivity index (χ1) is 12.7. The zero-order valence-electron chi connectivity index (χ0n) is 15.5. The number of carbonyl (C=O) groups excluding carboxylic acids is 1. The summed E-state index contributed by atoms with van der Waals surface area (Å²) in [4.78, 5) is 16.8. The normalized spacial score (nSPS) is 21.9. The SMILES string of the molecule is COc1ccc(CNC(=O)N2CCCO[C@@H](CN3CCOCC3)C2)cc1. The molecule has 26 heavy (non-hydrogen) atoms. The predicted octanol–water partition coefficient (Wildman–Crippen LogP) is 1.33. The fourth-order valence-corrected chi connectivity index (χ4v) is 3.29. The summed E-state index contributed by atoms with van der Waals surface area (Å²) in [6, 6.07) is 7.70. The maximum absolute atomic E-state index is 12.6. The molecular weight excluding hydrogens is 334 g/mol. The average molecular weight is 363 g/mol. The Morgan fingerprint density at radius 2 is 1.96 bits per heavy atom. The van der Waals surface area contributed by atoms with Gasteiger partial charge in [-0.1, -0.05) is 12.1 Å². The summed E-state index contributed by atoms with van der Waals surface area (Å²) in [6.45, 7) is 6.85. The van der Waals surface area contributed by atoms with Gasteiger partial charge in [-0.2, -0.15) is 0 Å². The van der Waals surface area contributed by atoms with Crippen LogP contribution >= 0.6 is 0 Å². The molecule has 2 aliphatic rings. The topological polar surface area (TPSA) is 63.3 Å². The van der Waals surface area contributed by atoms with E-state index in [4.69, 9.17) is 14.2 Å². The first-order valence-corrected chi connectivity index (χ1v) is 9.32. The molecule has 1 atom stereocenters. The number of rotatable bonds is 5. The molecule has 0 spiro atoms. The van der Waals surface area contributed by atoms with Crippen LogP contribution < -0.4 is 10.1 Å². The highest BCUT2D eigenvalue weighted by Gasteiger charge is 2.25. The summed E-state index contributed by atoms with van der Waals surface area (Å²) in [6.07, 6.45) is 0.928. The van der Waals surface area contributed by atoms with Gasteiger partial charge < -0.3 is 24.4 Å². The molecule has 0 unspecified atom stereocenters. The van der Waals surface area contributed by atoms with E-state index in [9.17, 15) is 4.79 Å². The molecule has 0 radical (unpaired) electrons. The third-order valence-electron chi connectivity index (χ3n) is 4.81. The van der Waals surface area contributed by atoms with E-state index in [1.165, 1.54) is 0 Å². The van der Waals surface area contributed by atoms with Crippen molar-refractivity contribution in [1.29, 1.82) is 0 Å². The van der Waals surface area contributed by atoms with E-state index in [1.54, 1.807) is 7.11 Å². The lowest BCUT2D eigenvalue weighted by atomic mass is 10.2. The van der Waals surface area contributed by atoms with Crippen LogP contribution in [0.3, 0.4) is 0 Å². The van der Waals surface area contributed by atoms with Crippen molar-refractivity contribution in [2.24, 2.45) is 0 Å². The van der Waals surface area contributed by atoms with Crippen molar-refractivity contribution in [2.45, 2.75) is 19.1 Å². The van der Waals surface area contributed by atoms with E-state index in [0.29, 0.717) is 19.7 Å². The van der Waals surface area contributed by atoms with Crippen molar-refractivity contribution in [1.82, 2.24) is 15.1 Å². The summed E-state index contributed by atoms with van der Waals surface area (Å²) in [5, 5.41) is 3.02. The van der Waals surface area contributed by atoms with Gasteiger partial charge in [0.1, 0.15) is 5.75 Å². The van der Waals surface area contributed by atoms with E-state index in [-0.39, 0.29) is 12.1 Å². The van der Waals surface area contributed by atoms with Gasteiger partial charge in [0.25, 0.3) is 0 Å². The van der Waals surface area contributed by atoms with Gasteiger partial charge >= 0.3 is 6.03 Å². The molecule has 144 valence electrons. The van der Waals surface area contributed by atoms with Crippen LogP contribution in [0.4, 0.5) is 4.79 Å². The molecule has 1 aromatic carbocycles. The van der Waals surface area contributed by atoms with Crippen molar-refractivity contribution in [3.05, 3.63) is 29.8 Å². The Balaban J connectivity index is 1.48. The lowest BCUT2D eigenvalue weighted by Gasteiger charge is -2.31. The second-order valence-electron chi connectivity index (χ2n) is 6.71. The molecule has 1 aromatic rings. The van der Waals surface area contributed by atoms with E-state index in [2.05, 4.69) is 10.2 Å². The minimum atomic E-state index is -0.0294. The van der Waals surface area contributed by atoms with Gasteiger partial charge in [0.15, 0.2) is 0 Å². The third kappa shape index (κ3) is 5.59. The summed E-state index contributed by atoms with van der Waals surface area (Å²) >= 11 is 0. The van der Waals surface area contributed by atoms with E-state index in [1.807, 2.05) is 29.2 Å². The van der Waals surface area contributed by atoms with Crippen molar-refractivity contribution in [2.75, 3.05) is 59.7 Å². The number of ether oxygens (including phenoxy) is 3. The number of carbonyl (C=O) groups is 1. The molecule has 7 heteroatoms. The van der Waals surface area contributed by atoms with Crippen LogP contribution in [-0.4, -0.2) is 81.6 Å². The summed E-state index contributed by atoms with van der Waals surface area (Å²) < 4.78 is 16.5. The highest BCUT2D eigenvalue weighted by atomic mass is 16.5. The Hall–Kier alpha value is -1.83. The second kappa shape index (κ2) is 9.75. The first-order valence-electron chi connectivity index (χ1n) is 9.32. The molecule has 0 saturated carbocycles. The standard InChI is InChI=1S/C19H29N3O4/c1-24-17-5-3-16(4-6-17)13-20-19(23)22-7-2-10-26-18(15-22)14-21-8-11-25-12-9-21/h3-6,18H,2,7-15H2,1H3,(H,20,23)/t18-/m0/s1. The molecule has 2 aliphatic heterocycles. The molecule has 2 fully saturated rings. The Labute approximate surface area is 155 Å². The number of nitrogens with zero attached hydrogens (tertiary/aromatic N) is 2. The summed E-state index contributed by atoms with van der Waals surface area (Å²) in [5.74, 6) is 0.815. The highest BCUT2D eigenvalue weighted by Crippen LogP contribution is 2.12. The maximum Gasteiger partial charge on any atom is 0.317 e. The Morgan fingerprint density at radius 1 is 1.19 bits per heavy atom. The number of nitrogens with one attached hydrogen (secondary N) is 1. The number of morpholine rings is 1. The quantitative estimate of drug-likeness (QED) is 0.855. The highest BCUT2D eigenvalue weighted by molar-refractivity contribution is 5.74. The molecule has 2 heterocycles. The van der Waals surface area contributed by atoms with Crippen LogP contribution in [0.25, 0.3) is 0 Å². The van der Waals surface area contributed by atoms with Crippen LogP contribution in [0.2, 0.25) is 0 Å². The zero-order valence-corrected chi connectivity index (χ0v) is 15.5. The van der Waals surface area contributed by atoms with Crippen molar-refractivity contribution in [3.8, 4) is 5.75 Å². The number of hydrogen-bond donors (Lipinski definition) is 1. The Kier molecular flexibility index (Phi) is 7.11. The Bertz CT molecular complexity index is 560. The van der Waals surface area contributed by atoms with E-state index in [0.717, 1.165) is 57.1 Å². The molecule has 0 bridgehead atoms. The van der Waals surface area contributed by atoms with Gasteiger partial charge in [-0.3, -0.25) is 4.90 Å². The molecule has 0 aromatic heterocycles. The fourth-order valence-electron chi connectivity index (χ4n) is 3.29. The molecule has 0 aliphatic carbocycles. The first kappa shape index (κ1) is 18.9. The number of methoxy groups -OCH3 is 1. The summed E-state index contributed by atoms with van der Waals surface area (Å²) in [7, 11) is 1.64. The van der Waals surface area contributed by atoms with Gasteiger partial charge in [-0.25, -0.2) is 4.79 Å². The van der Waals surface area contributed by atoms with Crippen LogP contribution in [-0.2, 0) is 16.0 Å². The van der Waals surface area contributed by atoms with Gasteiger partial charge in [0.2, 0.25) is 0 Å². The van der Waals surface area contributed by atoms with Crippen molar-refractivity contribution < 1.29 is 19.0 Å². The van der Waals surface area contributed by atoms with Gasteiger partial charge in [0, 0.05) is 45.9 Å². The van der Waals surface area contributed by atoms with Crippen LogP contribution in [0.15, 0.2) is 24.3 Å². The molecule has 2 saturated heterocycles. The van der Waals surface area contributed by atoms with Crippen LogP contribution in [0.5, 0.6) is 5.75 Å². The molecule has 3 rings (SSSR count). The fraction of sp³-hybridized carbons (Fsp3) is 0.632. The monoisotopic (exact) mass is 363 g/mol. The number of benzene rings is 1. The number of amides is 2. The minimum Gasteiger partial charge on any atom is -0.497 e. The lowest BCUT2D eigenvalue weighted by molar-refractivity contribution is -0.0101. The predicted molar refractivity (Wildman–Crippen MR) is 98.4 cm³/mol. The smallest absolute Gasteiger partial charge is 0.317 e. The maximum atomic E-state index is 12.6. The van der Waals surface area contributed by atoms with Crippen molar-refractivity contribution in [3.63, 3.8) is 0 Å². The Morgan fingerprint density at radius 3 is 2.69 bits per heavy atom. The van der Waals surface area contributed by atoms with Crippen LogP contribution in [0.1, 0.15) is 12.0 Å². The van der Waals surface area contributed by atoms with Gasteiger partial charge in [-0.05, 0) is 24.1 Å². The molecule has 2 amide bonds. The minimum absolute atomic E-state index is 0.0294. The third-order valence-corrected chi connectivity index (χ3v) is 4.81. The zero-order chi connectivity index (χ0) is 18.2. The lowest BCUT2D eigenvalue weighted by Crippen LogP contribution is -2.47. The summed E-state index contributed by atoms with van der Waals surface area (Å²) in [5.41, 5.74) is 1.05. The van der Waals surface area contributed by atoms with Crippen molar-refractivity contribution >= 4 is 6.03 Å². The largest absolute Gasteiger partial charge is 0.497 e. The molecule has 7 nitrogen and oxygen atoms in total. The van der Waals surface area contributed by atoms with E-state index >= 15 is 0 Å². The number of hydrogen-bond acceptors (Lipinski definition) is 5.